The van der Waals surface area contributed by atoms with Crippen LogP contribution in [0.25, 0.3) is 0 Å². The number of carbonyl (C=O) groups is 1. The molecule has 0 bridgehead atoms. The minimum atomic E-state index is -0.192. The molecule has 2 aliphatic rings. The van der Waals surface area contributed by atoms with Crippen molar-refractivity contribution < 1.29 is 4.79 Å². The number of hydrogen-bond acceptors (Lipinski definition) is 4. The maximum absolute atomic E-state index is 13.2. The van der Waals surface area contributed by atoms with Gasteiger partial charge >= 0.3 is 0 Å². The third-order valence-corrected chi connectivity index (χ3v) is 5.48. The highest BCUT2D eigenvalue weighted by molar-refractivity contribution is 5.85. The van der Waals surface area contributed by atoms with Gasteiger partial charge in [0, 0.05) is 51.0 Å². The van der Waals surface area contributed by atoms with Crippen molar-refractivity contribution in [1.82, 2.24) is 19.8 Å². The van der Waals surface area contributed by atoms with Gasteiger partial charge < -0.3 is 4.90 Å². The van der Waals surface area contributed by atoms with Crippen LogP contribution in [0.5, 0.6) is 0 Å². The minimum absolute atomic E-state index is 0.192. The lowest BCUT2D eigenvalue weighted by molar-refractivity contribution is -0.139. The van der Waals surface area contributed by atoms with Crippen molar-refractivity contribution in [3.8, 4) is 0 Å². The van der Waals surface area contributed by atoms with Gasteiger partial charge in [-0.3, -0.25) is 19.7 Å². The van der Waals surface area contributed by atoms with Crippen molar-refractivity contribution >= 4 is 5.91 Å². The maximum atomic E-state index is 13.2. The van der Waals surface area contributed by atoms with E-state index in [4.69, 9.17) is 0 Å². The Balaban J connectivity index is 1.43. The SMILES string of the molecule is O=C1N(Cc2cccnc2)CCC12CCCN(Cc1cccnc1)C2. The molecule has 1 spiro atoms. The number of likely N-dealkylation sites (tertiary alicyclic amines) is 2. The molecule has 0 saturated carbocycles. The number of pyridine rings is 2. The first-order valence-corrected chi connectivity index (χ1v) is 9.05. The predicted octanol–water partition coefficient (Wildman–Crippen LogP) is 2.49. The van der Waals surface area contributed by atoms with Gasteiger partial charge in [0.1, 0.15) is 0 Å². The Bertz CT molecular complexity index is 721. The van der Waals surface area contributed by atoms with E-state index in [0.29, 0.717) is 12.5 Å². The fraction of sp³-hybridized carbons (Fsp3) is 0.450. The van der Waals surface area contributed by atoms with Crippen LogP contribution in [0.3, 0.4) is 0 Å². The van der Waals surface area contributed by atoms with Gasteiger partial charge in [-0.15, -0.1) is 0 Å². The number of aromatic nitrogens is 2. The highest BCUT2D eigenvalue weighted by Crippen LogP contribution is 2.40. The molecule has 1 unspecified atom stereocenters. The Morgan fingerprint density at radius 2 is 1.68 bits per heavy atom. The number of hydrogen-bond donors (Lipinski definition) is 0. The second-order valence-electron chi connectivity index (χ2n) is 7.29. The van der Waals surface area contributed by atoms with Gasteiger partial charge in [-0.05, 0) is 49.1 Å². The minimum Gasteiger partial charge on any atom is -0.338 e. The van der Waals surface area contributed by atoms with E-state index in [0.717, 1.165) is 51.0 Å². The molecular formula is C20H24N4O. The van der Waals surface area contributed by atoms with E-state index in [2.05, 4.69) is 20.9 Å². The summed E-state index contributed by atoms with van der Waals surface area (Å²) >= 11 is 0. The zero-order valence-corrected chi connectivity index (χ0v) is 14.5. The average Bonchev–Trinajstić information content (AvgIpc) is 2.93. The zero-order chi connectivity index (χ0) is 17.1. The summed E-state index contributed by atoms with van der Waals surface area (Å²) in [6.45, 7) is 4.34. The molecule has 2 aromatic rings. The molecule has 0 aliphatic carbocycles. The van der Waals surface area contributed by atoms with Gasteiger partial charge in [0.2, 0.25) is 5.91 Å². The van der Waals surface area contributed by atoms with Gasteiger partial charge in [0.15, 0.2) is 0 Å². The van der Waals surface area contributed by atoms with Gasteiger partial charge in [0.05, 0.1) is 5.41 Å². The summed E-state index contributed by atoms with van der Waals surface area (Å²) in [5.74, 6) is 0.326. The topological polar surface area (TPSA) is 49.3 Å². The van der Waals surface area contributed by atoms with Crippen LogP contribution < -0.4 is 0 Å². The molecule has 130 valence electrons. The van der Waals surface area contributed by atoms with Gasteiger partial charge in [-0.25, -0.2) is 0 Å². The number of carbonyl (C=O) groups excluding carboxylic acids is 1. The van der Waals surface area contributed by atoms with Crippen LogP contribution in [0, 0.1) is 5.41 Å². The zero-order valence-electron chi connectivity index (χ0n) is 14.5. The van der Waals surface area contributed by atoms with Gasteiger partial charge in [0.25, 0.3) is 0 Å². The van der Waals surface area contributed by atoms with Crippen molar-refractivity contribution in [2.24, 2.45) is 5.41 Å². The standard InChI is InChI=1S/C20H24N4O/c25-19-20(7-11-24(19)15-18-5-2-9-22-13-18)6-3-10-23(16-20)14-17-4-1-8-21-12-17/h1-2,4-5,8-9,12-13H,3,6-7,10-11,14-16H2. The first kappa shape index (κ1) is 16.2. The van der Waals surface area contributed by atoms with E-state index in [9.17, 15) is 4.79 Å². The molecule has 2 aromatic heterocycles. The lowest BCUT2D eigenvalue weighted by Gasteiger charge is -2.39. The van der Waals surface area contributed by atoms with Crippen LogP contribution in [0.2, 0.25) is 0 Å². The second-order valence-corrected chi connectivity index (χ2v) is 7.29. The van der Waals surface area contributed by atoms with Crippen molar-refractivity contribution in [3.63, 3.8) is 0 Å². The largest absolute Gasteiger partial charge is 0.338 e. The Kier molecular flexibility index (Phi) is 4.49. The molecule has 25 heavy (non-hydrogen) atoms. The molecule has 2 fully saturated rings. The van der Waals surface area contributed by atoms with Crippen molar-refractivity contribution in [3.05, 3.63) is 60.2 Å². The van der Waals surface area contributed by atoms with Crippen LogP contribution in [0.4, 0.5) is 0 Å². The lowest BCUT2D eigenvalue weighted by Crippen LogP contribution is -2.47. The van der Waals surface area contributed by atoms with Crippen LogP contribution >= 0.6 is 0 Å². The van der Waals surface area contributed by atoms with Gasteiger partial charge in [-0.2, -0.15) is 0 Å². The monoisotopic (exact) mass is 336 g/mol. The molecule has 2 saturated heterocycles. The number of rotatable bonds is 4. The average molecular weight is 336 g/mol. The molecular weight excluding hydrogens is 312 g/mol. The maximum Gasteiger partial charge on any atom is 0.230 e. The van der Waals surface area contributed by atoms with E-state index in [1.807, 2.05) is 35.5 Å². The second kappa shape index (κ2) is 6.92. The summed E-state index contributed by atoms with van der Waals surface area (Å²) in [6, 6.07) is 8.06. The molecule has 0 N–H and O–H groups in total. The summed E-state index contributed by atoms with van der Waals surface area (Å²) in [4.78, 5) is 26.0. The molecule has 5 heteroatoms. The van der Waals surface area contributed by atoms with E-state index < -0.39 is 0 Å². The quantitative estimate of drug-likeness (QED) is 0.861. The normalized spacial score (nSPS) is 24.2. The van der Waals surface area contributed by atoms with E-state index in [-0.39, 0.29) is 5.41 Å². The van der Waals surface area contributed by atoms with E-state index in [1.165, 1.54) is 5.56 Å². The molecule has 2 aliphatic heterocycles. The summed E-state index contributed by atoms with van der Waals surface area (Å²) in [7, 11) is 0. The van der Waals surface area contributed by atoms with E-state index in [1.54, 1.807) is 12.4 Å². The highest BCUT2D eigenvalue weighted by atomic mass is 16.2. The summed E-state index contributed by atoms with van der Waals surface area (Å²) in [6.07, 6.45) is 10.4. The van der Waals surface area contributed by atoms with Crippen LogP contribution in [0.1, 0.15) is 30.4 Å². The molecule has 1 atom stereocenters. The Morgan fingerprint density at radius 3 is 2.36 bits per heavy atom. The molecule has 4 heterocycles. The first-order chi connectivity index (χ1) is 12.3. The van der Waals surface area contributed by atoms with Crippen LogP contribution in [0.15, 0.2) is 49.1 Å². The fourth-order valence-corrected chi connectivity index (χ4v) is 4.25. The summed E-state index contributed by atoms with van der Waals surface area (Å²) in [5, 5.41) is 0. The lowest BCUT2D eigenvalue weighted by atomic mass is 9.78. The third kappa shape index (κ3) is 3.42. The highest BCUT2D eigenvalue weighted by Gasteiger charge is 2.48. The summed E-state index contributed by atoms with van der Waals surface area (Å²) < 4.78 is 0. The third-order valence-electron chi connectivity index (χ3n) is 5.48. The molecule has 4 rings (SSSR count). The predicted molar refractivity (Wildman–Crippen MR) is 95.5 cm³/mol. The summed E-state index contributed by atoms with van der Waals surface area (Å²) in [5.41, 5.74) is 2.14. The van der Waals surface area contributed by atoms with Crippen molar-refractivity contribution in [2.45, 2.75) is 32.4 Å². The smallest absolute Gasteiger partial charge is 0.230 e. The van der Waals surface area contributed by atoms with Crippen molar-refractivity contribution in [2.75, 3.05) is 19.6 Å². The first-order valence-electron chi connectivity index (χ1n) is 9.05. The van der Waals surface area contributed by atoms with Crippen molar-refractivity contribution in [1.29, 1.82) is 0 Å². The Morgan fingerprint density at radius 1 is 0.960 bits per heavy atom. The number of amides is 1. The van der Waals surface area contributed by atoms with Crippen LogP contribution in [-0.4, -0.2) is 45.3 Å². The fourth-order valence-electron chi connectivity index (χ4n) is 4.25. The molecule has 1 amide bonds. The Hall–Kier alpha value is -2.27. The van der Waals surface area contributed by atoms with Crippen LogP contribution in [-0.2, 0) is 17.9 Å². The molecule has 0 aromatic carbocycles. The number of nitrogens with zero attached hydrogens (tertiary/aromatic N) is 4. The van der Waals surface area contributed by atoms with E-state index >= 15 is 0 Å². The van der Waals surface area contributed by atoms with Gasteiger partial charge in [-0.1, -0.05) is 12.1 Å². The molecule has 5 nitrogen and oxygen atoms in total. The Labute approximate surface area is 148 Å². The molecule has 0 radical (unpaired) electrons. The number of piperidine rings is 1.